The van der Waals surface area contributed by atoms with E-state index in [0.717, 1.165) is 21.3 Å². The Morgan fingerprint density at radius 2 is 2.08 bits per heavy atom. The number of pyridine rings is 1. The molecule has 0 atom stereocenters. The molecule has 2 heterocycles. The van der Waals surface area contributed by atoms with E-state index in [2.05, 4.69) is 20.5 Å². The molecule has 3 aromatic rings. The van der Waals surface area contributed by atoms with Crippen molar-refractivity contribution in [3.63, 3.8) is 0 Å². The summed E-state index contributed by atoms with van der Waals surface area (Å²) in [5.41, 5.74) is 1.61. The van der Waals surface area contributed by atoms with E-state index in [4.69, 9.17) is 0 Å². The number of aryl methyl sites for hydroxylation is 1. The summed E-state index contributed by atoms with van der Waals surface area (Å²) >= 11 is 1.51. The summed E-state index contributed by atoms with van der Waals surface area (Å²) in [6, 6.07) is 11.3. The van der Waals surface area contributed by atoms with Crippen molar-refractivity contribution < 1.29 is 4.79 Å². The molecular formula is C17H15N5OS. The molecule has 3 rings (SSSR count). The fourth-order valence-electron chi connectivity index (χ4n) is 1.91. The highest BCUT2D eigenvalue weighted by Gasteiger charge is 2.04. The van der Waals surface area contributed by atoms with Crippen molar-refractivity contribution in [2.45, 2.75) is 10.1 Å². The fraction of sp³-hybridized carbons (Fsp3) is 0.0588. The van der Waals surface area contributed by atoms with E-state index in [1.807, 2.05) is 48.0 Å². The Bertz CT molecular complexity index is 843. The number of hydrogen-bond donors (Lipinski definition) is 1. The average molecular weight is 337 g/mol. The minimum absolute atomic E-state index is 0.187. The first-order valence-electron chi connectivity index (χ1n) is 7.22. The van der Waals surface area contributed by atoms with Crippen LogP contribution in [0.2, 0.25) is 0 Å². The van der Waals surface area contributed by atoms with E-state index in [1.165, 1.54) is 17.8 Å². The molecule has 2 aromatic heterocycles. The second-order valence-corrected chi connectivity index (χ2v) is 6.00. The highest BCUT2D eigenvalue weighted by molar-refractivity contribution is 7.99. The Morgan fingerprint density at radius 1 is 1.25 bits per heavy atom. The number of amides is 1. The van der Waals surface area contributed by atoms with Gasteiger partial charge in [0.25, 0.3) is 0 Å². The van der Waals surface area contributed by atoms with Gasteiger partial charge < -0.3 is 9.88 Å². The summed E-state index contributed by atoms with van der Waals surface area (Å²) in [4.78, 5) is 16.9. The molecule has 0 saturated carbocycles. The van der Waals surface area contributed by atoms with Crippen molar-refractivity contribution in [1.29, 1.82) is 0 Å². The molecule has 0 bridgehead atoms. The van der Waals surface area contributed by atoms with Crippen molar-refractivity contribution in [2.24, 2.45) is 7.05 Å². The summed E-state index contributed by atoms with van der Waals surface area (Å²) in [5, 5.41) is 11.5. The molecule has 24 heavy (non-hydrogen) atoms. The van der Waals surface area contributed by atoms with Crippen molar-refractivity contribution in [3.8, 4) is 0 Å². The lowest BCUT2D eigenvalue weighted by Crippen LogP contribution is -2.07. The Kier molecular flexibility index (Phi) is 5.02. The molecule has 0 spiro atoms. The van der Waals surface area contributed by atoms with Gasteiger partial charge >= 0.3 is 0 Å². The Labute approximate surface area is 143 Å². The minimum Gasteiger partial charge on any atom is -0.323 e. The highest BCUT2D eigenvalue weighted by Crippen LogP contribution is 2.26. The van der Waals surface area contributed by atoms with Crippen LogP contribution in [0.3, 0.4) is 0 Å². The number of nitrogens with zero attached hydrogens (tertiary/aromatic N) is 4. The molecule has 1 amide bonds. The summed E-state index contributed by atoms with van der Waals surface area (Å²) in [6.07, 6.45) is 8.26. The van der Waals surface area contributed by atoms with Crippen LogP contribution in [0.4, 0.5) is 5.69 Å². The molecule has 0 radical (unpaired) electrons. The van der Waals surface area contributed by atoms with E-state index < -0.39 is 0 Å². The smallest absolute Gasteiger partial charge is 0.248 e. The van der Waals surface area contributed by atoms with Crippen molar-refractivity contribution >= 4 is 29.4 Å². The maximum Gasteiger partial charge on any atom is 0.248 e. The zero-order valence-corrected chi connectivity index (χ0v) is 13.8. The number of hydrogen-bond acceptors (Lipinski definition) is 5. The lowest BCUT2D eigenvalue weighted by Gasteiger charge is -2.04. The van der Waals surface area contributed by atoms with Crippen LogP contribution in [-0.2, 0) is 11.8 Å². The molecule has 1 aromatic carbocycles. The van der Waals surface area contributed by atoms with Crippen LogP contribution < -0.4 is 5.32 Å². The largest absolute Gasteiger partial charge is 0.323 e. The molecule has 0 aliphatic rings. The molecule has 0 unspecified atom stereocenters. The number of benzene rings is 1. The molecule has 0 fully saturated rings. The standard InChI is InChI=1S/C17H15N5OS/c1-22-12-19-21-17(22)24-15-7-5-14(6-8-15)20-16(23)9-4-13-3-2-10-18-11-13/h2-12H,1H3,(H,20,23)/b9-4+. The van der Waals surface area contributed by atoms with E-state index >= 15 is 0 Å². The van der Waals surface area contributed by atoms with Crippen LogP contribution in [0, 0.1) is 0 Å². The van der Waals surface area contributed by atoms with E-state index in [1.54, 1.807) is 24.8 Å². The summed E-state index contributed by atoms with van der Waals surface area (Å²) in [5.74, 6) is -0.187. The number of carbonyl (C=O) groups excluding carboxylic acids is 1. The Morgan fingerprint density at radius 3 is 2.75 bits per heavy atom. The summed E-state index contributed by atoms with van der Waals surface area (Å²) in [6.45, 7) is 0. The summed E-state index contributed by atoms with van der Waals surface area (Å²) < 4.78 is 1.85. The third kappa shape index (κ3) is 4.30. The molecule has 7 heteroatoms. The topological polar surface area (TPSA) is 72.7 Å². The predicted octanol–water partition coefficient (Wildman–Crippen LogP) is 3.01. The maximum atomic E-state index is 11.9. The highest BCUT2D eigenvalue weighted by atomic mass is 32.2. The molecular weight excluding hydrogens is 322 g/mol. The molecule has 0 aliphatic heterocycles. The van der Waals surface area contributed by atoms with Gasteiger partial charge in [0.05, 0.1) is 0 Å². The molecule has 120 valence electrons. The predicted molar refractivity (Wildman–Crippen MR) is 93.5 cm³/mol. The monoisotopic (exact) mass is 337 g/mol. The lowest BCUT2D eigenvalue weighted by molar-refractivity contribution is -0.111. The summed E-state index contributed by atoms with van der Waals surface area (Å²) in [7, 11) is 1.89. The molecule has 6 nitrogen and oxygen atoms in total. The van der Waals surface area contributed by atoms with Crippen molar-refractivity contribution in [3.05, 3.63) is 66.8 Å². The number of anilines is 1. The molecule has 1 N–H and O–H groups in total. The van der Waals surface area contributed by atoms with Crippen LogP contribution in [0.25, 0.3) is 6.08 Å². The SMILES string of the molecule is Cn1cnnc1Sc1ccc(NC(=O)/C=C/c2cccnc2)cc1. The maximum absolute atomic E-state index is 11.9. The van der Waals surface area contributed by atoms with E-state index in [0.29, 0.717) is 0 Å². The van der Waals surface area contributed by atoms with Gasteiger partial charge in [0.1, 0.15) is 6.33 Å². The average Bonchev–Trinajstić information content (AvgIpc) is 3.01. The van der Waals surface area contributed by atoms with Gasteiger partial charge in [-0.1, -0.05) is 6.07 Å². The number of carbonyl (C=O) groups is 1. The molecule has 0 aliphatic carbocycles. The normalized spacial score (nSPS) is 10.9. The first-order valence-corrected chi connectivity index (χ1v) is 8.03. The third-order valence-corrected chi connectivity index (χ3v) is 4.17. The zero-order chi connectivity index (χ0) is 16.8. The molecule has 0 saturated heterocycles. The fourth-order valence-corrected chi connectivity index (χ4v) is 2.67. The van der Waals surface area contributed by atoms with Gasteiger partial charge in [-0.05, 0) is 53.7 Å². The van der Waals surface area contributed by atoms with Crippen LogP contribution >= 0.6 is 11.8 Å². The second-order valence-electron chi connectivity index (χ2n) is 4.96. The minimum atomic E-state index is -0.187. The lowest BCUT2D eigenvalue weighted by atomic mass is 10.2. The van der Waals surface area contributed by atoms with E-state index in [-0.39, 0.29) is 5.91 Å². The Hall–Kier alpha value is -2.93. The van der Waals surface area contributed by atoms with Crippen molar-refractivity contribution in [2.75, 3.05) is 5.32 Å². The number of rotatable bonds is 5. The quantitative estimate of drug-likeness (QED) is 0.725. The zero-order valence-electron chi connectivity index (χ0n) is 13.0. The third-order valence-electron chi connectivity index (χ3n) is 3.11. The van der Waals surface area contributed by atoms with Gasteiger partial charge in [0, 0.05) is 36.1 Å². The van der Waals surface area contributed by atoms with Crippen molar-refractivity contribution in [1.82, 2.24) is 19.7 Å². The van der Waals surface area contributed by atoms with Crippen LogP contribution in [0.1, 0.15) is 5.56 Å². The van der Waals surface area contributed by atoms with Gasteiger partial charge in [0.15, 0.2) is 5.16 Å². The van der Waals surface area contributed by atoms with Gasteiger partial charge in [-0.15, -0.1) is 10.2 Å². The van der Waals surface area contributed by atoms with Gasteiger partial charge in [-0.2, -0.15) is 0 Å². The Balaban J connectivity index is 1.59. The number of nitrogens with one attached hydrogen (secondary N) is 1. The van der Waals surface area contributed by atoms with Crippen LogP contribution in [-0.4, -0.2) is 25.7 Å². The van der Waals surface area contributed by atoms with E-state index in [9.17, 15) is 4.79 Å². The first-order chi connectivity index (χ1) is 11.7. The van der Waals surface area contributed by atoms with Crippen LogP contribution in [0.5, 0.6) is 0 Å². The van der Waals surface area contributed by atoms with Gasteiger partial charge in [-0.3, -0.25) is 9.78 Å². The second kappa shape index (κ2) is 7.56. The first kappa shape index (κ1) is 15.9. The van der Waals surface area contributed by atoms with Gasteiger partial charge in [-0.25, -0.2) is 0 Å². The van der Waals surface area contributed by atoms with Gasteiger partial charge in [0.2, 0.25) is 5.91 Å². The number of aromatic nitrogens is 4. The van der Waals surface area contributed by atoms with Crippen LogP contribution in [0.15, 0.2) is 71.2 Å².